The summed E-state index contributed by atoms with van der Waals surface area (Å²) in [4.78, 5) is 47.3. The lowest BCUT2D eigenvalue weighted by atomic mass is 9.86. The molecule has 1 aliphatic heterocycles. The molecule has 1 aliphatic rings. The Morgan fingerprint density at radius 1 is 1.33 bits per heavy atom. The summed E-state index contributed by atoms with van der Waals surface area (Å²) < 4.78 is 0. The molecule has 100 valence electrons. The Morgan fingerprint density at radius 3 is 2.28 bits per heavy atom. The molecule has 0 atom stereocenters. The van der Waals surface area contributed by atoms with Crippen molar-refractivity contribution in [2.45, 2.75) is 27.7 Å². The van der Waals surface area contributed by atoms with E-state index in [0.717, 1.165) is 4.90 Å². The molecule has 1 fully saturated rings. The molecule has 1 rings (SSSR count). The SMILES string of the molecule is CC(C)(CN1C(=O)NC(=O)C(C)(C)C1=O)C(N)=O. The molecule has 18 heavy (non-hydrogen) atoms. The topological polar surface area (TPSA) is 110 Å². The first-order valence-electron chi connectivity index (χ1n) is 5.47. The average molecular weight is 255 g/mol. The number of nitrogens with two attached hydrogens (primary N) is 1. The van der Waals surface area contributed by atoms with Crippen LogP contribution in [0.15, 0.2) is 0 Å². The number of nitrogens with one attached hydrogen (secondary N) is 1. The number of primary amides is 1. The van der Waals surface area contributed by atoms with E-state index in [0.29, 0.717) is 0 Å². The van der Waals surface area contributed by atoms with Crippen LogP contribution in [-0.2, 0) is 14.4 Å². The number of imide groups is 2. The van der Waals surface area contributed by atoms with Gasteiger partial charge in [0.15, 0.2) is 0 Å². The highest BCUT2D eigenvalue weighted by Gasteiger charge is 2.48. The second-order valence-electron chi connectivity index (χ2n) is 5.52. The third-order valence-electron chi connectivity index (χ3n) is 3.03. The number of carbonyl (C=O) groups is 4. The van der Waals surface area contributed by atoms with Gasteiger partial charge in [-0.3, -0.25) is 24.6 Å². The molecule has 1 saturated heterocycles. The van der Waals surface area contributed by atoms with Crippen molar-refractivity contribution >= 4 is 23.8 Å². The van der Waals surface area contributed by atoms with Crippen molar-refractivity contribution in [1.82, 2.24) is 10.2 Å². The summed E-state index contributed by atoms with van der Waals surface area (Å²) in [5.41, 5.74) is 2.81. The van der Waals surface area contributed by atoms with Crippen molar-refractivity contribution in [3.05, 3.63) is 0 Å². The fourth-order valence-corrected chi connectivity index (χ4v) is 1.46. The minimum absolute atomic E-state index is 0.163. The number of urea groups is 1. The van der Waals surface area contributed by atoms with Gasteiger partial charge in [0.25, 0.3) is 0 Å². The molecule has 0 bridgehead atoms. The summed E-state index contributed by atoms with van der Waals surface area (Å²) in [6, 6.07) is -0.821. The number of carbonyl (C=O) groups excluding carboxylic acids is 4. The quantitative estimate of drug-likeness (QED) is 0.669. The monoisotopic (exact) mass is 255 g/mol. The Kier molecular flexibility index (Phi) is 3.20. The van der Waals surface area contributed by atoms with E-state index in [1.165, 1.54) is 27.7 Å². The van der Waals surface area contributed by atoms with Crippen LogP contribution in [0.5, 0.6) is 0 Å². The number of barbiturate groups is 1. The normalized spacial score (nSPS) is 19.8. The molecule has 0 unspecified atom stereocenters. The number of hydrogen-bond donors (Lipinski definition) is 2. The van der Waals surface area contributed by atoms with Gasteiger partial charge in [-0.25, -0.2) is 4.79 Å². The van der Waals surface area contributed by atoms with E-state index in [2.05, 4.69) is 5.32 Å². The maximum Gasteiger partial charge on any atom is 0.330 e. The van der Waals surface area contributed by atoms with Crippen LogP contribution in [0.25, 0.3) is 0 Å². The molecular weight excluding hydrogens is 238 g/mol. The smallest absolute Gasteiger partial charge is 0.330 e. The van der Waals surface area contributed by atoms with Crippen LogP contribution in [0.4, 0.5) is 4.79 Å². The van der Waals surface area contributed by atoms with Gasteiger partial charge in [0.1, 0.15) is 5.41 Å². The van der Waals surface area contributed by atoms with E-state index >= 15 is 0 Å². The third-order valence-corrected chi connectivity index (χ3v) is 3.03. The van der Waals surface area contributed by atoms with Crippen LogP contribution >= 0.6 is 0 Å². The number of rotatable bonds is 3. The molecule has 5 amide bonds. The zero-order valence-corrected chi connectivity index (χ0v) is 10.9. The van der Waals surface area contributed by atoms with E-state index in [1.54, 1.807) is 0 Å². The van der Waals surface area contributed by atoms with Crippen molar-refractivity contribution in [2.24, 2.45) is 16.6 Å². The Labute approximate surface area is 105 Å². The van der Waals surface area contributed by atoms with Crippen LogP contribution in [0, 0.1) is 10.8 Å². The summed E-state index contributed by atoms with van der Waals surface area (Å²) in [5, 5.41) is 2.09. The lowest BCUT2D eigenvalue weighted by Gasteiger charge is -2.37. The highest BCUT2D eigenvalue weighted by Crippen LogP contribution is 2.26. The molecule has 0 aromatic carbocycles. The first-order valence-corrected chi connectivity index (χ1v) is 5.47. The van der Waals surface area contributed by atoms with Crippen molar-refractivity contribution in [1.29, 1.82) is 0 Å². The van der Waals surface area contributed by atoms with Crippen molar-refractivity contribution in [3.63, 3.8) is 0 Å². The third kappa shape index (κ3) is 2.20. The van der Waals surface area contributed by atoms with Crippen LogP contribution in [0.1, 0.15) is 27.7 Å². The summed E-state index contributed by atoms with van der Waals surface area (Å²) in [6.45, 7) is 5.73. The molecule has 1 heterocycles. The van der Waals surface area contributed by atoms with Gasteiger partial charge in [0.05, 0.1) is 5.41 Å². The maximum atomic E-state index is 12.1. The maximum absolute atomic E-state index is 12.1. The summed E-state index contributed by atoms with van der Waals surface area (Å²) in [7, 11) is 0. The van der Waals surface area contributed by atoms with Gasteiger partial charge in [-0.2, -0.15) is 0 Å². The summed E-state index contributed by atoms with van der Waals surface area (Å²) in [6.07, 6.45) is 0. The number of amides is 5. The predicted octanol–water partition coefficient (Wildman–Crippen LogP) is -0.397. The van der Waals surface area contributed by atoms with E-state index in [1.807, 2.05) is 0 Å². The Morgan fingerprint density at radius 2 is 1.83 bits per heavy atom. The van der Waals surface area contributed by atoms with E-state index in [-0.39, 0.29) is 6.54 Å². The van der Waals surface area contributed by atoms with Gasteiger partial charge in [0, 0.05) is 6.54 Å². The minimum Gasteiger partial charge on any atom is -0.369 e. The van der Waals surface area contributed by atoms with E-state index in [9.17, 15) is 19.2 Å². The molecule has 7 nitrogen and oxygen atoms in total. The fourth-order valence-electron chi connectivity index (χ4n) is 1.46. The van der Waals surface area contributed by atoms with Crippen LogP contribution in [0.3, 0.4) is 0 Å². The average Bonchev–Trinajstić information content (AvgIpc) is 2.22. The molecule has 0 saturated carbocycles. The van der Waals surface area contributed by atoms with Gasteiger partial charge in [-0.1, -0.05) is 0 Å². The number of hydrogen-bond acceptors (Lipinski definition) is 4. The van der Waals surface area contributed by atoms with Gasteiger partial charge in [0.2, 0.25) is 17.7 Å². The van der Waals surface area contributed by atoms with Crippen molar-refractivity contribution < 1.29 is 19.2 Å². The second-order valence-corrected chi connectivity index (χ2v) is 5.52. The largest absolute Gasteiger partial charge is 0.369 e. The molecule has 0 aromatic heterocycles. The molecule has 3 N–H and O–H groups in total. The lowest BCUT2D eigenvalue weighted by molar-refractivity contribution is -0.150. The second kappa shape index (κ2) is 4.08. The molecule has 0 spiro atoms. The zero-order chi connectivity index (χ0) is 14.3. The van der Waals surface area contributed by atoms with Crippen molar-refractivity contribution in [2.75, 3.05) is 6.54 Å². The van der Waals surface area contributed by atoms with Crippen molar-refractivity contribution in [3.8, 4) is 0 Å². The Hall–Kier alpha value is -1.92. The standard InChI is InChI=1S/C11H17N3O4/c1-10(2,6(12)15)5-14-8(17)11(3,4)7(16)13-9(14)18/h5H2,1-4H3,(H2,12,15)(H,13,16,18). The van der Waals surface area contributed by atoms with Crippen LogP contribution in [0.2, 0.25) is 0 Å². The Bertz CT molecular complexity index is 440. The molecular formula is C11H17N3O4. The molecule has 0 aliphatic carbocycles. The highest BCUT2D eigenvalue weighted by molar-refractivity contribution is 6.18. The lowest BCUT2D eigenvalue weighted by Crippen LogP contribution is -2.63. The first kappa shape index (κ1) is 14.1. The predicted molar refractivity (Wildman–Crippen MR) is 62.0 cm³/mol. The first-order chi connectivity index (χ1) is 8.00. The van der Waals surface area contributed by atoms with Crippen LogP contribution in [-0.4, -0.2) is 35.2 Å². The Balaban J connectivity index is 3.03. The summed E-state index contributed by atoms with van der Waals surface area (Å²) in [5.74, 6) is -1.91. The van der Waals surface area contributed by atoms with Gasteiger partial charge < -0.3 is 5.73 Å². The molecule has 0 radical (unpaired) electrons. The highest BCUT2D eigenvalue weighted by atomic mass is 16.2. The van der Waals surface area contributed by atoms with Gasteiger partial charge in [-0.05, 0) is 27.7 Å². The number of nitrogens with zero attached hydrogens (tertiary/aromatic N) is 1. The van der Waals surface area contributed by atoms with Gasteiger partial charge >= 0.3 is 6.03 Å². The molecule has 0 aromatic rings. The zero-order valence-electron chi connectivity index (χ0n) is 10.9. The van der Waals surface area contributed by atoms with Crippen LogP contribution < -0.4 is 11.1 Å². The summed E-state index contributed by atoms with van der Waals surface area (Å²) >= 11 is 0. The fraction of sp³-hybridized carbons (Fsp3) is 0.636. The minimum atomic E-state index is -1.33. The van der Waals surface area contributed by atoms with E-state index in [4.69, 9.17) is 5.73 Å². The molecule has 7 heteroatoms. The van der Waals surface area contributed by atoms with Gasteiger partial charge in [-0.15, -0.1) is 0 Å². The van der Waals surface area contributed by atoms with E-state index < -0.39 is 34.6 Å².